The number of azide groups is 2. The van der Waals surface area contributed by atoms with Gasteiger partial charge in [-0.15, -0.1) is 0 Å². The molecule has 0 aromatic heterocycles. The summed E-state index contributed by atoms with van der Waals surface area (Å²) in [6.07, 6.45) is 0.375. The van der Waals surface area contributed by atoms with Crippen molar-refractivity contribution in [1.82, 2.24) is 0 Å². The van der Waals surface area contributed by atoms with E-state index >= 15 is 0 Å². The van der Waals surface area contributed by atoms with Crippen LogP contribution in [0.2, 0.25) is 0 Å². The first-order chi connectivity index (χ1) is 15.3. The highest BCUT2D eigenvalue weighted by Gasteiger charge is 2.30. The van der Waals surface area contributed by atoms with Gasteiger partial charge >= 0.3 is 0 Å². The lowest BCUT2D eigenvalue weighted by atomic mass is 9.93. The molecule has 0 saturated carbocycles. The number of hydrogen-bond donors (Lipinski definition) is 0. The molecular weight excluding hydrogens is 388 g/mol. The van der Waals surface area contributed by atoms with E-state index in [4.69, 9.17) is 4.74 Å². The zero-order chi connectivity index (χ0) is 21.7. The predicted octanol–water partition coefficient (Wildman–Crippen LogP) is 6.42. The molecule has 7 nitrogen and oxygen atoms in total. The minimum absolute atomic E-state index is 0.323. The van der Waals surface area contributed by atoms with Crippen LogP contribution in [0.4, 0.5) is 0 Å². The predicted molar refractivity (Wildman–Crippen MR) is 121 cm³/mol. The third-order valence-corrected chi connectivity index (χ3v) is 5.02. The highest BCUT2D eigenvalue weighted by Crippen LogP contribution is 2.22. The first kappa shape index (κ1) is 21.9. The van der Waals surface area contributed by atoms with Gasteiger partial charge in [-0.3, -0.25) is 0 Å². The van der Waals surface area contributed by atoms with Crippen LogP contribution >= 0.6 is 0 Å². The van der Waals surface area contributed by atoms with E-state index in [2.05, 4.69) is 20.1 Å². The zero-order valence-electron chi connectivity index (χ0n) is 17.1. The van der Waals surface area contributed by atoms with Gasteiger partial charge in [-0.25, -0.2) is 0 Å². The molecule has 0 aliphatic rings. The molecule has 3 rings (SSSR count). The molecule has 0 unspecified atom stereocenters. The van der Waals surface area contributed by atoms with Crippen LogP contribution in [0.5, 0.6) is 0 Å². The summed E-state index contributed by atoms with van der Waals surface area (Å²) in [6, 6.07) is 28.3. The fraction of sp³-hybridized carbons (Fsp3) is 0.250. The molecule has 0 saturated heterocycles. The van der Waals surface area contributed by atoms with Crippen molar-refractivity contribution in [2.75, 3.05) is 0 Å². The molecule has 156 valence electrons. The Morgan fingerprint density at radius 1 is 0.613 bits per heavy atom. The lowest BCUT2D eigenvalue weighted by Crippen LogP contribution is -2.40. The molecule has 0 aliphatic heterocycles. The molecule has 3 aromatic carbocycles. The summed E-state index contributed by atoms with van der Waals surface area (Å²) in [7, 11) is 0. The lowest BCUT2D eigenvalue weighted by molar-refractivity contribution is 0.00708. The second-order valence-electron chi connectivity index (χ2n) is 7.19. The van der Waals surface area contributed by atoms with Crippen LogP contribution in [0.1, 0.15) is 16.7 Å². The highest BCUT2D eigenvalue weighted by atomic mass is 16.5. The van der Waals surface area contributed by atoms with E-state index in [-0.39, 0.29) is 0 Å². The molecule has 3 aromatic rings. The Morgan fingerprint density at radius 3 is 1.39 bits per heavy atom. The van der Waals surface area contributed by atoms with Crippen molar-refractivity contribution in [1.29, 1.82) is 0 Å². The minimum atomic E-state index is -0.590. The van der Waals surface area contributed by atoms with E-state index in [1.807, 2.05) is 91.0 Å². The standard InChI is InChI=1S/C24H24N6O/c25-29-27-22(16-19-10-4-1-5-11-19)24(31-18-21-14-8-3-9-15-21)23(28-30-26)17-20-12-6-2-7-13-20/h1-15,22-24H,16-18H2/t22-,23-/m0/s1. The normalized spacial score (nSPS) is 13.3. The van der Waals surface area contributed by atoms with Gasteiger partial charge in [-0.05, 0) is 40.6 Å². The van der Waals surface area contributed by atoms with E-state index in [0.717, 1.165) is 16.7 Å². The quantitative estimate of drug-likeness (QED) is 0.202. The second-order valence-corrected chi connectivity index (χ2v) is 7.19. The summed E-state index contributed by atoms with van der Waals surface area (Å²) in [6.45, 7) is 0.323. The summed E-state index contributed by atoms with van der Waals surface area (Å²) in [5, 5.41) is 8.10. The summed E-state index contributed by atoms with van der Waals surface area (Å²) in [5.41, 5.74) is 21.5. The van der Waals surface area contributed by atoms with E-state index in [1.54, 1.807) is 0 Å². The Bertz CT molecular complexity index is 952. The van der Waals surface area contributed by atoms with Gasteiger partial charge in [0.05, 0.1) is 24.8 Å². The van der Waals surface area contributed by atoms with Gasteiger partial charge in [0, 0.05) is 9.82 Å². The van der Waals surface area contributed by atoms with E-state index in [1.165, 1.54) is 0 Å². The first-order valence-corrected chi connectivity index (χ1v) is 10.1. The van der Waals surface area contributed by atoms with Crippen molar-refractivity contribution in [3.63, 3.8) is 0 Å². The number of nitrogens with zero attached hydrogens (tertiary/aromatic N) is 6. The van der Waals surface area contributed by atoms with E-state index < -0.39 is 18.2 Å². The van der Waals surface area contributed by atoms with Gasteiger partial charge in [0.1, 0.15) is 0 Å². The fourth-order valence-corrected chi connectivity index (χ4v) is 3.53. The Kier molecular flexibility index (Phi) is 8.53. The first-order valence-electron chi connectivity index (χ1n) is 10.1. The molecule has 0 aliphatic carbocycles. The Labute approximate surface area is 181 Å². The van der Waals surface area contributed by atoms with Crippen molar-refractivity contribution in [2.24, 2.45) is 10.2 Å². The van der Waals surface area contributed by atoms with Gasteiger partial charge in [0.25, 0.3) is 0 Å². The third kappa shape index (κ3) is 6.91. The van der Waals surface area contributed by atoms with Gasteiger partial charge in [0.2, 0.25) is 0 Å². The Balaban J connectivity index is 1.91. The van der Waals surface area contributed by atoms with Crippen molar-refractivity contribution in [2.45, 2.75) is 37.6 Å². The van der Waals surface area contributed by atoms with E-state index in [0.29, 0.717) is 19.4 Å². The number of benzene rings is 3. The van der Waals surface area contributed by atoms with Gasteiger partial charge in [0.15, 0.2) is 0 Å². The topological polar surface area (TPSA) is 107 Å². The van der Waals surface area contributed by atoms with Crippen LogP contribution in [0.25, 0.3) is 20.9 Å². The van der Waals surface area contributed by atoms with Gasteiger partial charge in [-0.2, -0.15) is 0 Å². The molecule has 7 heteroatoms. The SMILES string of the molecule is [N-]=[N+]=N[C@@H](Cc1ccccc1)C(OCc1ccccc1)[C@H](Cc1ccccc1)N=[N+]=[N-]. The number of ether oxygens (including phenoxy) is 1. The summed E-state index contributed by atoms with van der Waals surface area (Å²) >= 11 is 0. The summed E-state index contributed by atoms with van der Waals surface area (Å²) in [4.78, 5) is 6.14. The highest BCUT2D eigenvalue weighted by molar-refractivity contribution is 5.19. The van der Waals surface area contributed by atoms with Crippen LogP contribution in [0.15, 0.2) is 101 Å². The zero-order valence-corrected chi connectivity index (χ0v) is 17.1. The Morgan fingerprint density at radius 2 is 1.00 bits per heavy atom. The largest absolute Gasteiger partial charge is 0.373 e. The lowest BCUT2D eigenvalue weighted by Gasteiger charge is -2.29. The van der Waals surface area contributed by atoms with Gasteiger partial charge < -0.3 is 4.74 Å². The molecular formula is C24H24N6O. The van der Waals surface area contributed by atoms with Crippen LogP contribution in [-0.4, -0.2) is 18.2 Å². The molecule has 0 N–H and O–H groups in total. The molecule has 2 atom stereocenters. The van der Waals surface area contributed by atoms with Crippen molar-refractivity contribution in [3.05, 3.63) is 129 Å². The van der Waals surface area contributed by atoms with Crippen LogP contribution in [-0.2, 0) is 24.2 Å². The van der Waals surface area contributed by atoms with Crippen LogP contribution in [0.3, 0.4) is 0 Å². The summed E-state index contributed by atoms with van der Waals surface area (Å²) < 4.78 is 6.27. The average Bonchev–Trinajstić information content (AvgIpc) is 2.81. The van der Waals surface area contributed by atoms with Crippen LogP contribution < -0.4 is 0 Å². The molecule has 0 fully saturated rings. The van der Waals surface area contributed by atoms with Crippen molar-refractivity contribution < 1.29 is 4.74 Å². The number of hydrogen-bond acceptors (Lipinski definition) is 3. The second kappa shape index (κ2) is 12.1. The average molecular weight is 412 g/mol. The molecule has 0 bridgehead atoms. The maximum Gasteiger partial charge on any atom is 0.0755 e. The molecule has 31 heavy (non-hydrogen) atoms. The summed E-state index contributed by atoms with van der Waals surface area (Å²) in [5.74, 6) is 0. The maximum absolute atomic E-state index is 9.25. The molecule has 0 radical (unpaired) electrons. The molecule has 0 amide bonds. The van der Waals surface area contributed by atoms with Crippen molar-refractivity contribution >= 4 is 0 Å². The molecule has 0 heterocycles. The smallest absolute Gasteiger partial charge is 0.0755 e. The number of rotatable bonds is 11. The molecule has 0 spiro atoms. The van der Waals surface area contributed by atoms with E-state index in [9.17, 15) is 11.1 Å². The van der Waals surface area contributed by atoms with Gasteiger partial charge in [-0.1, -0.05) is 101 Å². The minimum Gasteiger partial charge on any atom is -0.373 e. The monoisotopic (exact) mass is 412 g/mol. The maximum atomic E-state index is 9.25. The third-order valence-electron chi connectivity index (χ3n) is 5.02. The Hall–Kier alpha value is -3.76. The van der Waals surface area contributed by atoms with Crippen molar-refractivity contribution in [3.8, 4) is 0 Å². The fourth-order valence-electron chi connectivity index (χ4n) is 3.53. The van der Waals surface area contributed by atoms with Crippen LogP contribution in [0, 0.1) is 0 Å².